The molecule has 1 fully saturated rings. The molecular weight excluding hydrogens is 254 g/mol. The van der Waals surface area contributed by atoms with Crippen LogP contribution >= 0.6 is 23.1 Å². The molecule has 2 rings (SSSR count). The smallest absolute Gasteiger partial charge is 0.202 e. The second-order valence-electron chi connectivity index (χ2n) is 5.97. The van der Waals surface area contributed by atoms with Gasteiger partial charge in [0.05, 0.1) is 0 Å². The number of aromatic nitrogens is 2. The minimum Gasteiger partial charge on any atom is -0.360 e. The number of alkyl halides is 1. The lowest BCUT2D eigenvalue weighted by Gasteiger charge is -2.14. The van der Waals surface area contributed by atoms with Crippen LogP contribution in [0.15, 0.2) is 0 Å². The van der Waals surface area contributed by atoms with Crippen molar-refractivity contribution < 1.29 is 0 Å². The number of nitrogens with zero attached hydrogens (tertiary/aromatic N) is 2. The molecule has 0 atom stereocenters. The summed E-state index contributed by atoms with van der Waals surface area (Å²) in [7, 11) is 0. The van der Waals surface area contributed by atoms with Gasteiger partial charge in [0.1, 0.15) is 5.82 Å². The second kappa shape index (κ2) is 4.73. The number of nitrogens with one attached hydrogen (secondary N) is 1. The molecule has 5 heteroatoms. The summed E-state index contributed by atoms with van der Waals surface area (Å²) >= 11 is 7.28. The van der Waals surface area contributed by atoms with Gasteiger partial charge in [0, 0.05) is 29.4 Å². The normalized spacial score (nSPS) is 18.1. The number of hydrogen-bond acceptors (Lipinski definition) is 4. The van der Waals surface area contributed by atoms with Crippen LogP contribution in [0.25, 0.3) is 0 Å². The highest BCUT2D eigenvalue weighted by Gasteiger charge is 2.41. The first kappa shape index (κ1) is 13.1. The van der Waals surface area contributed by atoms with Gasteiger partial charge in [-0.25, -0.2) is 4.98 Å². The first-order chi connectivity index (χ1) is 7.95. The molecule has 1 aromatic rings. The zero-order chi connectivity index (χ0) is 12.5. The maximum atomic E-state index is 5.82. The lowest BCUT2D eigenvalue weighted by atomic mass is 9.96. The zero-order valence-electron chi connectivity index (χ0n) is 10.7. The van der Waals surface area contributed by atoms with E-state index in [0.717, 1.165) is 29.8 Å². The summed E-state index contributed by atoms with van der Waals surface area (Å²) in [4.78, 5) is 4.54. The lowest BCUT2D eigenvalue weighted by Crippen LogP contribution is -2.17. The topological polar surface area (TPSA) is 37.8 Å². The van der Waals surface area contributed by atoms with Crippen LogP contribution in [0.5, 0.6) is 0 Å². The Morgan fingerprint density at radius 2 is 2.12 bits per heavy atom. The standard InChI is InChI=1S/C12H20ClN3S/c1-11(2,3)9-15-10(17-16-9)14-8-12(4-5-12)6-7-13/h4-8H2,1-3H3,(H,14,15,16). The van der Waals surface area contributed by atoms with Gasteiger partial charge in [-0.2, -0.15) is 4.37 Å². The molecule has 0 bridgehead atoms. The van der Waals surface area contributed by atoms with Gasteiger partial charge in [0.25, 0.3) is 0 Å². The Kier molecular flexibility index (Phi) is 3.64. The molecule has 1 aliphatic carbocycles. The van der Waals surface area contributed by atoms with Crippen LogP contribution in [-0.2, 0) is 5.41 Å². The van der Waals surface area contributed by atoms with Crippen molar-refractivity contribution in [3.05, 3.63) is 5.82 Å². The number of rotatable bonds is 5. The Bertz CT molecular complexity index is 379. The zero-order valence-corrected chi connectivity index (χ0v) is 12.3. The molecule has 0 aromatic carbocycles. The fourth-order valence-electron chi connectivity index (χ4n) is 1.76. The quantitative estimate of drug-likeness (QED) is 0.832. The third kappa shape index (κ3) is 3.32. The van der Waals surface area contributed by atoms with E-state index in [-0.39, 0.29) is 5.41 Å². The van der Waals surface area contributed by atoms with Crippen molar-refractivity contribution in [2.75, 3.05) is 17.7 Å². The second-order valence-corrected chi connectivity index (χ2v) is 7.10. The Hall–Kier alpha value is -0.350. The van der Waals surface area contributed by atoms with E-state index in [9.17, 15) is 0 Å². The van der Waals surface area contributed by atoms with Gasteiger partial charge in [-0.05, 0) is 24.7 Å². The molecule has 0 amide bonds. The molecule has 3 nitrogen and oxygen atoms in total. The molecule has 0 unspecified atom stereocenters. The third-order valence-corrected chi connectivity index (χ3v) is 4.16. The van der Waals surface area contributed by atoms with Crippen LogP contribution in [0.1, 0.15) is 45.9 Å². The summed E-state index contributed by atoms with van der Waals surface area (Å²) in [5.41, 5.74) is 0.471. The van der Waals surface area contributed by atoms with E-state index >= 15 is 0 Å². The average molecular weight is 274 g/mol. The van der Waals surface area contributed by atoms with E-state index in [1.54, 1.807) is 0 Å². The van der Waals surface area contributed by atoms with Gasteiger partial charge in [-0.15, -0.1) is 11.6 Å². The van der Waals surface area contributed by atoms with Crippen molar-refractivity contribution in [3.63, 3.8) is 0 Å². The van der Waals surface area contributed by atoms with Crippen LogP contribution in [0, 0.1) is 5.41 Å². The molecule has 1 aromatic heterocycles. The predicted molar refractivity (Wildman–Crippen MR) is 74.1 cm³/mol. The molecule has 1 aliphatic rings. The van der Waals surface area contributed by atoms with Crippen molar-refractivity contribution in [2.24, 2.45) is 5.41 Å². The summed E-state index contributed by atoms with van der Waals surface area (Å²) in [6.45, 7) is 7.39. The summed E-state index contributed by atoms with van der Waals surface area (Å²) in [6.07, 6.45) is 3.68. The maximum Gasteiger partial charge on any atom is 0.202 e. The largest absolute Gasteiger partial charge is 0.360 e. The summed E-state index contributed by atoms with van der Waals surface area (Å²) in [6, 6.07) is 0. The minimum absolute atomic E-state index is 0.0316. The first-order valence-corrected chi connectivity index (χ1v) is 7.40. The summed E-state index contributed by atoms with van der Waals surface area (Å²) in [5, 5.41) is 4.35. The molecule has 0 spiro atoms. The van der Waals surface area contributed by atoms with E-state index in [4.69, 9.17) is 11.6 Å². The molecule has 0 radical (unpaired) electrons. The highest BCUT2D eigenvalue weighted by Crippen LogP contribution is 2.49. The number of hydrogen-bond donors (Lipinski definition) is 1. The van der Waals surface area contributed by atoms with Crippen molar-refractivity contribution in [2.45, 2.75) is 45.4 Å². The Labute approximate surface area is 112 Å². The minimum atomic E-state index is 0.0316. The molecule has 0 aliphatic heterocycles. The fourth-order valence-corrected chi connectivity index (χ4v) is 2.91. The van der Waals surface area contributed by atoms with Gasteiger partial charge in [-0.1, -0.05) is 20.8 Å². The van der Waals surface area contributed by atoms with Gasteiger partial charge in [0.2, 0.25) is 5.13 Å². The van der Waals surface area contributed by atoms with Crippen molar-refractivity contribution in [1.29, 1.82) is 0 Å². The molecular formula is C12H20ClN3S. The average Bonchev–Trinajstić information content (AvgIpc) is 2.82. The maximum absolute atomic E-state index is 5.82. The van der Waals surface area contributed by atoms with Crippen LogP contribution in [0.3, 0.4) is 0 Å². The van der Waals surface area contributed by atoms with Crippen LogP contribution in [0.2, 0.25) is 0 Å². The first-order valence-electron chi connectivity index (χ1n) is 6.09. The van der Waals surface area contributed by atoms with Gasteiger partial charge >= 0.3 is 0 Å². The van der Waals surface area contributed by atoms with E-state index in [1.165, 1.54) is 24.4 Å². The van der Waals surface area contributed by atoms with Crippen LogP contribution in [0.4, 0.5) is 5.13 Å². The Morgan fingerprint density at radius 3 is 2.59 bits per heavy atom. The summed E-state index contributed by atoms with van der Waals surface area (Å²) < 4.78 is 4.40. The SMILES string of the molecule is CC(C)(C)c1nsc(NCC2(CCCl)CC2)n1. The molecule has 1 N–H and O–H groups in total. The highest BCUT2D eigenvalue weighted by atomic mass is 35.5. The van der Waals surface area contributed by atoms with Crippen LogP contribution < -0.4 is 5.32 Å². The monoisotopic (exact) mass is 273 g/mol. The predicted octanol–water partition coefficient (Wildman–Crippen LogP) is 3.66. The highest BCUT2D eigenvalue weighted by molar-refractivity contribution is 7.09. The number of halogens is 1. The molecule has 1 heterocycles. The van der Waals surface area contributed by atoms with Crippen molar-refractivity contribution in [1.82, 2.24) is 9.36 Å². The van der Waals surface area contributed by atoms with E-state index in [1.807, 2.05) is 0 Å². The lowest BCUT2D eigenvalue weighted by molar-refractivity contribution is 0.523. The summed E-state index contributed by atoms with van der Waals surface area (Å²) in [5.74, 6) is 1.68. The van der Waals surface area contributed by atoms with Gasteiger partial charge < -0.3 is 5.32 Å². The Balaban J connectivity index is 1.90. The fraction of sp³-hybridized carbons (Fsp3) is 0.833. The van der Waals surface area contributed by atoms with Gasteiger partial charge in [-0.3, -0.25) is 0 Å². The van der Waals surface area contributed by atoms with Gasteiger partial charge in [0.15, 0.2) is 0 Å². The van der Waals surface area contributed by atoms with E-state index < -0.39 is 0 Å². The third-order valence-electron chi connectivity index (χ3n) is 3.29. The van der Waals surface area contributed by atoms with E-state index in [2.05, 4.69) is 35.4 Å². The Morgan fingerprint density at radius 1 is 1.41 bits per heavy atom. The molecule has 1 saturated carbocycles. The molecule has 0 saturated heterocycles. The van der Waals surface area contributed by atoms with Crippen molar-refractivity contribution in [3.8, 4) is 0 Å². The van der Waals surface area contributed by atoms with E-state index in [0.29, 0.717) is 5.41 Å². The van der Waals surface area contributed by atoms with Crippen LogP contribution in [-0.4, -0.2) is 21.8 Å². The van der Waals surface area contributed by atoms with Crippen molar-refractivity contribution >= 4 is 28.3 Å². The molecule has 17 heavy (non-hydrogen) atoms. The number of anilines is 1. The molecule has 96 valence electrons.